The lowest BCUT2D eigenvalue weighted by Gasteiger charge is -2.06. The summed E-state index contributed by atoms with van der Waals surface area (Å²) in [6, 6.07) is 5.86. The number of methoxy groups -OCH3 is 1. The fourth-order valence-corrected chi connectivity index (χ4v) is 1.75. The second-order valence-electron chi connectivity index (χ2n) is 3.21. The van der Waals surface area contributed by atoms with Crippen molar-refractivity contribution in [1.29, 1.82) is 0 Å². The number of ether oxygens (including phenoxy) is 1. The monoisotopic (exact) mass is 209 g/mol. The number of nitrogens with one attached hydrogen (secondary N) is 1. The maximum atomic E-state index is 5.94. The fourth-order valence-electron chi connectivity index (χ4n) is 1.55. The van der Waals surface area contributed by atoms with Gasteiger partial charge in [0.15, 0.2) is 0 Å². The molecule has 2 rings (SSSR count). The lowest BCUT2D eigenvalue weighted by atomic mass is 10.1. The number of hydrogen-bond donors (Lipinski definition) is 1. The summed E-state index contributed by atoms with van der Waals surface area (Å²) in [7, 11) is 1.63. The van der Waals surface area contributed by atoms with Crippen LogP contribution in [0.5, 0.6) is 5.75 Å². The molecule has 0 aliphatic carbocycles. The number of rotatable bonds is 2. The van der Waals surface area contributed by atoms with Crippen molar-refractivity contribution in [2.45, 2.75) is 0 Å². The van der Waals surface area contributed by atoms with Crippen molar-refractivity contribution >= 4 is 17.2 Å². The van der Waals surface area contributed by atoms with Crippen LogP contribution in [0.3, 0.4) is 0 Å². The molecule has 0 spiro atoms. The zero-order valence-electron chi connectivity index (χ0n) is 8.01. The maximum absolute atomic E-state index is 5.94. The van der Waals surface area contributed by atoms with Crippen molar-refractivity contribution in [1.82, 2.24) is 5.32 Å². The van der Waals surface area contributed by atoms with Gasteiger partial charge in [-0.3, -0.25) is 0 Å². The molecule has 0 fully saturated rings. The van der Waals surface area contributed by atoms with Gasteiger partial charge in [0.2, 0.25) is 0 Å². The quantitative estimate of drug-likeness (QED) is 0.808. The molecule has 14 heavy (non-hydrogen) atoms. The van der Waals surface area contributed by atoms with Gasteiger partial charge in [-0.05, 0) is 23.3 Å². The van der Waals surface area contributed by atoms with Gasteiger partial charge >= 0.3 is 0 Å². The Labute approximate surface area is 88.5 Å². The zero-order chi connectivity index (χ0) is 9.97. The van der Waals surface area contributed by atoms with Crippen LogP contribution in [0.4, 0.5) is 0 Å². The molecule has 1 aromatic carbocycles. The molecule has 0 amide bonds. The van der Waals surface area contributed by atoms with Gasteiger partial charge in [-0.15, -0.1) is 0 Å². The van der Waals surface area contributed by atoms with Gasteiger partial charge in [0.05, 0.1) is 12.1 Å². The van der Waals surface area contributed by atoms with Crippen LogP contribution in [-0.2, 0) is 0 Å². The summed E-state index contributed by atoms with van der Waals surface area (Å²) < 4.78 is 5.17. The van der Waals surface area contributed by atoms with Crippen LogP contribution in [0.1, 0.15) is 5.56 Å². The Morgan fingerprint density at radius 1 is 1.43 bits per heavy atom. The first-order valence-corrected chi connectivity index (χ1v) is 4.92. The Balaban J connectivity index is 2.35. The third kappa shape index (κ3) is 1.76. The molecule has 1 aliphatic rings. The number of hydrogen-bond acceptors (Lipinski definition) is 2. The van der Waals surface area contributed by atoms with E-state index in [4.69, 9.17) is 16.3 Å². The van der Waals surface area contributed by atoms with Crippen molar-refractivity contribution in [2.75, 3.05) is 20.2 Å². The second kappa shape index (κ2) is 4.03. The molecule has 1 aliphatic heterocycles. The topological polar surface area (TPSA) is 21.3 Å². The smallest absolute Gasteiger partial charge is 0.138 e. The van der Waals surface area contributed by atoms with Gasteiger partial charge in [0.1, 0.15) is 5.75 Å². The molecule has 0 saturated heterocycles. The normalized spacial score (nSPS) is 15.4. The predicted molar refractivity (Wildman–Crippen MR) is 58.9 cm³/mol. The van der Waals surface area contributed by atoms with Crippen molar-refractivity contribution < 1.29 is 4.74 Å². The van der Waals surface area contributed by atoms with Gasteiger partial charge in [0.25, 0.3) is 0 Å². The van der Waals surface area contributed by atoms with Gasteiger partial charge in [0, 0.05) is 13.1 Å². The average molecular weight is 210 g/mol. The van der Waals surface area contributed by atoms with E-state index in [1.807, 2.05) is 18.2 Å². The molecular weight excluding hydrogens is 198 g/mol. The third-order valence-electron chi connectivity index (χ3n) is 2.33. The van der Waals surface area contributed by atoms with Crippen LogP contribution < -0.4 is 10.1 Å². The zero-order valence-corrected chi connectivity index (χ0v) is 8.77. The Bertz CT molecular complexity index is 374. The standard InChI is InChI=1S/C11H12ClNO/c1-14-11-6-8(2-3-10(11)12)9-4-5-13-7-9/h2-4,6,13H,5,7H2,1H3. The first kappa shape index (κ1) is 9.56. The van der Waals surface area contributed by atoms with Gasteiger partial charge in [-0.1, -0.05) is 23.7 Å². The highest BCUT2D eigenvalue weighted by atomic mass is 35.5. The van der Waals surface area contributed by atoms with Crippen molar-refractivity contribution in [3.8, 4) is 5.75 Å². The van der Waals surface area contributed by atoms with E-state index in [2.05, 4.69) is 11.4 Å². The molecule has 3 heteroatoms. The summed E-state index contributed by atoms with van der Waals surface area (Å²) in [6.07, 6.45) is 2.18. The molecule has 1 heterocycles. The SMILES string of the molecule is COc1cc(C2=CCNC2)ccc1Cl. The summed E-state index contributed by atoms with van der Waals surface area (Å²) in [5.41, 5.74) is 2.48. The van der Waals surface area contributed by atoms with Gasteiger partial charge in [-0.25, -0.2) is 0 Å². The minimum atomic E-state index is 0.655. The molecule has 0 aromatic heterocycles. The molecule has 0 unspecified atom stereocenters. The van der Waals surface area contributed by atoms with Gasteiger partial charge < -0.3 is 10.1 Å². The third-order valence-corrected chi connectivity index (χ3v) is 2.64. The van der Waals surface area contributed by atoms with Crippen LogP contribution in [0.2, 0.25) is 5.02 Å². The molecule has 0 saturated carbocycles. The van der Waals surface area contributed by atoms with E-state index in [1.165, 1.54) is 11.1 Å². The lowest BCUT2D eigenvalue weighted by Crippen LogP contribution is -2.07. The molecular formula is C11H12ClNO. The second-order valence-corrected chi connectivity index (χ2v) is 3.62. The molecule has 0 bridgehead atoms. The Morgan fingerprint density at radius 2 is 2.29 bits per heavy atom. The van der Waals surface area contributed by atoms with E-state index < -0.39 is 0 Å². The Hall–Kier alpha value is -0.990. The number of benzene rings is 1. The lowest BCUT2D eigenvalue weighted by molar-refractivity contribution is 0.415. The van der Waals surface area contributed by atoms with Crippen LogP contribution in [0.25, 0.3) is 5.57 Å². The molecule has 74 valence electrons. The summed E-state index contributed by atoms with van der Waals surface area (Å²) in [6.45, 7) is 1.87. The highest BCUT2D eigenvalue weighted by molar-refractivity contribution is 6.32. The summed E-state index contributed by atoms with van der Waals surface area (Å²) in [5, 5.41) is 3.91. The van der Waals surface area contributed by atoms with E-state index in [1.54, 1.807) is 7.11 Å². The van der Waals surface area contributed by atoms with E-state index in [0.717, 1.165) is 18.8 Å². The largest absolute Gasteiger partial charge is 0.495 e. The highest BCUT2D eigenvalue weighted by Gasteiger charge is 2.08. The first-order chi connectivity index (χ1) is 6.81. The van der Waals surface area contributed by atoms with Crippen molar-refractivity contribution in [3.63, 3.8) is 0 Å². The Kier molecular flexibility index (Phi) is 2.75. The molecule has 0 atom stereocenters. The van der Waals surface area contributed by atoms with Gasteiger partial charge in [-0.2, -0.15) is 0 Å². The Morgan fingerprint density at radius 3 is 2.93 bits per heavy atom. The fraction of sp³-hybridized carbons (Fsp3) is 0.273. The maximum Gasteiger partial charge on any atom is 0.138 e. The molecule has 2 nitrogen and oxygen atoms in total. The van der Waals surface area contributed by atoms with Crippen LogP contribution in [0, 0.1) is 0 Å². The summed E-state index contributed by atoms with van der Waals surface area (Å²) >= 11 is 5.94. The average Bonchev–Trinajstić information content (AvgIpc) is 2.71. The van der Waals surface area contributed by atoms with E-state index >= 15 is 0 Å². The minimum absolute atomic E-state index is 0.655. The van der Waals surface area contributed by atoms with E-state index in [-0.39, 0.29) is 0 Å². The minimum Gasteiger partial charge on any atom is -0.495 e. The first-order valence-electron chi connectivity index (χ1n) is 4.55. The molecule has 0 radical (unpaired) electrons. The number of halogens is 1. The predicted octanol–water partition coefficient (Wildman–Crippen LogP) is 2.34. The summed E-state index contributed by atoms with van der Waals surface area (Å²) in [5.74, 6) is 0.733. The highest BCUT2D eigenvalue weighted by Crippen LogP contribution is 2.28. The summed E-state index contributed by atoms with van der Waals surface area (Å²) in [4.78, 5) is 0. The van der Waals surface area contributed by atoms with Crippen LogP contribution in [0.15, 0.2) is 24.3 Å². The van der Waals surface area contributed by atoms with Crippen LogP contribution in [-0.4, -0.2) is 20.2 Å². The molecule has 1 N–H and O–H groups in total. The van der Waals surface area contributed by atoms with Crippen LogP contribution >= 0.6 is 11.6 Å². The van der Waals surface area contributed by atoms with E-state index in [9.17, 15) is 0 Å². The van der Waals surface area contributed by atoms with Crippen molar-refractivity contribution in [2.24, 2.45) is 0 Å². The van der Waals surface area contributed by atoms with Crippen molar-refractivity contribution in [3.05, 3.63) is 34.9 Å². The molecule has 1 aromatic rings. The van der Waals surface area contributed by atoms with E-state index in [0.29, 0.717) is 5.02 Å².